The second-order valence-electron chi connectivity index (χ2n) is 3.21. The molecule has 2 N–H and O–H groups in total. The van der Waals surface area contributed by atoms with Crippen molar-refractivity contribution < 1.29 is 17.9 Å². The highest BCUT2D eigenvalue weighted by Gasteiger charge is 2.31. The van der Waals surface area contributed by atoms with E-state index in [1.807, 2.05) is 0 Å². The summed E-state index contributed by atoms with van der Waals surface area (Å²) >= 11 is 0. The van der Waals surface area contributed by atoms with Gasteiger partial charge in [0.25, 0.3) is 0 Å². The van der Waals surface area contributed by atoms with Crippen molar-refractivity contribution in [2.24, 2.45) is 0 Å². The fourth-order valence-corrected chi connectivity index (χ4v) is 1.39. The van der Waals surface area contributed by atoms with Crippen molar-refractivity contribution in [2.75, 3.05) is 18.3 Å². The Labute approximate surface area is 90.0 Å². The van der Waals surface area contributed by atoms with Crippen molar-refractivity contribution in [3.8, 4) is 5.75 Å². The minimum absolute atomic E-state index is 0.219. The summed E-state index contributed by atoms with van der Waals surface area (Å²) in [5, 5.41) is 4.82. The molecule has 7 heteroatoms. The molecule has 0 radical (unpaired) electrons. The van der Waals surface area contributed by atoms with Crippen molar-refractivity contribution in [3.05, 3.63) is 24.3 Å². The van der Waals surface area contributed by atoms with Crippen molar-refractivity contribution in [1.29, 1.82) is 0 Å². The molecule has 0 aliphatic carbocycles. The summed E-state index contributed by atoms with van der Waals surface area (Å²) in [6, 6.07) is 5.67. The summed E-state index contributed by atoms with van der Waals surface area (Å²) in [7, 11) is 0. The first-order chi connectivity index (χ1) is 7.54. The van der Waals surface area contributed by atoms with Crippen LogP contribution < -0.4 is 20.5 Å². The van der Waals surface area contributed by atoms with Crippen LogP contribution in [0, 0.1) is 0 Å². The van der Waals surface area contributed by atoms with Gasteiger partial charge in [-0.05, 0) is 24.3 Å². The first-order valence-corrected chi connectivity index (χ1v) is 4.62. The van der Waals surface area contributed by atoms with Crippen LogP contribution in [0.25, 0.3) is 0 Å². The van der Waals surface area contributed by atoms with E-state index >= 15 is 0 Å². The molecule has 0 unspecified atom stereocenters. The third-order valence-electron chi connectivity index (χ3n) is 2.05. The SMILES string of the molecule is FC(F)(F)Oc1ccc(N2CNCN2)cc1. The summed E-state index contributed by atoms with van der Waals surface area (Å²) < 4.78 is 39.4. The molecule has 4 nitrogen and oxygen atoms in total. The van der Waals surface area contributed by atoms with Crippen molar-refractivity contribution >= 4 is 5.69 Å². The van der Waals surface area contributed by atoms with Crippen LogP contribution >= 0.6 is 0 Å². The van der Waals surface area contributed by atoms with Gasteiger partial charge in [-0.2, -0.15) is 0 Å². The van der Waals surface area contributed by atoms with Gasteiger partial charge in [0.2, 0.25) is 0 Å². The van der Waals surface area contributed by atoms with Crippen LogP contribution in [0.4, 0.5) is 18.9 Å². The van der Waals surface area contributed by atoms with Crippen LogP contribution in [0.15, 0.2) is 24.3 Å². The standard InChI is InChI=1S/C9H10F3N3O/c10-9(11,12)16-8-3-1-7(2-4-8)15-6-13-5-14-15/h1-4,13-14H,5-6H2. The molecule has 1 aliphatic rings. The molecule has 1 aromatic rings. The molecule has 88 valence electrons. The fraction of sp³-hybridized carbons (Fsp3) is 0.333. The molecular weight excluding hydrogens is 223 g/mol. The average Bonchev–Trinajstić information content (AvgIpc) is 2.69. The van der Waals surface area contributed by atoms with E-state index in [4.69, 9.17) is 0 Å². The summed E-state index contributed by atoms with van der Waals surface area (Å²) in [6.45, 7) is 1.25. The highest BCUT2D eigenvalue weighted by Crippen LogP contribution is 2.24. The maximum atomic E-state index is 11.9. The highest BCUT2D eigenvalue weighted by atomic mass is 19.4. The maximum Gasteiger partial charge on any atom is 0.573 e. The van der Waals surface area contributed by atoms with Crippen molar-refractivity contribution in [1.82, 2.24) is 10.7 Å². The normalized spacial score (nSPS) is 16.6. The molecule has 1 fully saturated rings. The molecule has 0 aromatic heterocycles. The van der Waals surface area contributed by atoms with E-state index in [0.717, 1.165) is 5.69 Å². The molecule has 0 atom stereocenters. The molecule has 0 amide bonds. The van der Waals surface area contributed by atoms with E-state index in [9.17, 15) is 13.2 Å². The second-order valence-corrected chi connectivity index (χ2v) is 3.21. The lowest BCUT2D eigenvalue weighted by Crippen LogP contribution is -2.30. The molecule has 0 spiro atoms. The maximum absolute atomic E-state index is 11.9. The van der Waals surface area contributed by atoms with Gasteiger partial charge >= 0.3 is 6.36 Å². The third kappa shape index (κ3) is 2.77. The van der Waals surface area contributed by atoms with Gasteiger partial charge in [0.05, 0.1) is 19.0 Å². The van der Waals surface area contributed by atoms with Gasteiger partial charge < -0.3 is 4.74 Å². The quantitative estimate of drug-likeness (QED) is 0.809. The molecule has 0 saturated carbocycles. The lowest BCUT2D eigenvalue weighted by molar-refractivity contribution is -0.274. The number of hydrogen-bond acceptors (Lipinski definition) is 4. The highest BCUT2D eigenvalue weighted by molar-refractivity contribution is 5.48. The van der Waals surface area contributed by atoms with Gasteiger partial charge in [-0.3, -0.25) is 10.3 Å². The molecule has 0 bridgehead atoms. The number of alkyl halides is 3. The Kier molecular flexibility index (Phi) is 2.88. The van der Waals surface area contributed by atoms with E-state index in [2.05, 4.69) is 15.5 Å². The van der Waals surface area contributed by atoms with Crippen LogP contribution in [0.2, 0.25) is 0 Å². The molecular formula is C9H10F3N3O. The van der Waals surface area contributed by atoms with E-state index in [1.54, 1.807) is 17.1 Å². The number of nitrogens with one attached hydrogen (secondary N) is 2. The average molecular weight is 233 g/mol. The number of halogens is 3. The largest absolute Gasteiger partial charge is 0.573 e. The monoisotopic (exact) mass is 233 g/mol. The predicted octanol–water partition coefficient (Wildman–Crippen LogP) is 1.41. The van der Waals surface area contributed by atoms with Crippen LogP contribution in [0.5, 0.6) is 5.75 Å². The number of hydrazine groups is 1. The van der Waals surface area contributed by atoms with Gasteiger partial charge in [-0.25, -0.2) is 5.43 Å². The van der Waals surface area contributed by atoms with Crippen molar-refractivity contribution in [2.45, 2.75) is 6.36 Å². The Morgan fingerprint density at radius 3 is 2.38 bits per heavy atom. The van der Waals surface area contributed by atoms with Crippen molar-refractivity contribution in [3.63, 3.8) is 0 Å². The van der Waals surface area contributed by atoms with Crippen LogP contribution in [-0.4, -0.2) is 19.7 Å². The predicted molar refractivity (Wildman–Crippen MR) is 51.6 cm³/mol. The Morgan fingerprint density at radius 2 is 1.88 bits per heavy atom. The third-order valence-corrected chi connectivity index (χ3v) is 2.05. The molecule has 16 heavy (non-hydrogen) atoms. The summed E-state index contributed by atoms with van der Waals surface area (Å²) in [4.78, 5) is 0. The van der Waals surface area contributed by atoms with Gasteiger partial charge in [0.1, 0.15) is 5.75 Å². The molecule has 1 saturated heterocycles. The van der Waals surface area contributed by atoms with E-state index in [0.29, 0.717) is 13.3 Å². The molecule has 2 rings (SSSR count). The number of benzene rings is 1. The van der Waals surface area contributed by atoms with Gasteiger partial charge in [0, 0.05) is 0 Å². The zero-order chi connectivity index (χ0) is 11.6. The van der Waals surface area contributed by atoms with Crippen LogP contribution in [-0.2, 0) is 0 Å². The summed E-state index contributed by atoms with van der Waals surface area (Å²) in [5.74, 6) is -0.219. The Bertz CT molecular complexity index is 346. The number of ether oxygens (including phenoxy) is 1. The molecule has 1 aliphatic heterocycles. The first-order valence-electron chi connectivity index (χ1n) is 4.62. The Morgan fingerprint density at radius 1 is 1.19 bits per heavy atom. The summed E-state index contributed by atoms with van der Waals surface area (Å²) in [6.07, 6.45) is -4.64. The minimum Gasteiger partial charge on any atom is -0.406 e. The second kappa shape index (κ2) is 4.18. The Hall–Kier alpha value is -1.47. The number of anilines is 1. The van der Waals surface area contributed by atoms with E-state index in [-0.39, 0.29) is 5.75 Å². The first kappa shape index (κ1) is 11.0. The van der Waals surface area contributed by atoms with Gasteiger partial charge in [-0.15, -0.1) is 13.2 Å². The Balaban J connectivity index is 2.04. The minimum atomic E-state index is -4.64. The summed E-state index contributed by atoms with van der Waals surface area (Å²) in [5.41, 5.74) is 3.78. The smallest absolute Gasteiger partial charge is 0.406 e. The zero-order valence-electron chi connectivity index (χ0n) is 8.21. The lowest BCUT2D eigenvalue weighted by atomic mass is 10.3. The van der Waals surface area contributed by atoms with Crippen LogP contribution in [0.1, 0.15) is 0 Å². The topological polar surface area (TPSA) is 36.5 Å². The van der Waals surface area contributed by atoms with E-state index < -0.39 is 6.36 Å². The fourth-order valence-electron chi connectivity index (χ4n) is 1.39. The number of rotatable bonds is 2. The number of nitrogens with zero attached hydrogens (tertiary/aromatic N) is 1. The van der Waals surface area contributed by atoms with Gasteiger partial charge in [0.15, 0.2) is 0 Å². The lowest BCUT2D eigenvalue weighted by Gasteiger charge is -2.17. The zero-order valence-corrected chi connectivity index (χ0v) is 8.21. The molecule has 1 aromatic carbocycles. The van der Waals surface area contributed by atoms with Crippen LogP contribution in [0.3, 0.4) is 0 Å². The number of hydrogen-bond donors (Lipinski definition) is 2. The van der Waals surface area contributed by atoms with Gasteiger partial charge in [-0.1, -0.05) is 0 Å². The molecule has 1 heterocycles. The van der Waals surface area contributed by atoms with E-state index in [1.165, 1.54) is 12.1 Å².